The summed E-state index contributed by atoms with van der Waals surface area (Å²) < 4.78 is 5.53. The lowest BCUT2D eigenvalue weighted by Crippen LogP contribution is -2.12. The molecule has 25 heavy (non-hydrogen) atoms. The number of rotatable bonds is 4. The van der Waals surface area contributed by atoms with E-state index in [0.29, 0.717) is 10.8 Å². The fraction of sp³-hybridized carbons (Fsp3) is 0.118. The summed E-state index contributed by atoms with van der Waals surface area (Å²) in [5, 5.41) is 14.2. The second-order valence-corrected chi connectivity index (χ2v) is 7.27. The molecule has 0 radical (unpaired) electrons. The second kappa shape index (κ2) is 6.30. The van der Waals surface area contributed by atoms with Gasteiger partial charge in [0.25, 0.3) is 5.91 Å². The lowest BCUT2D eigenvalue weighted by Gasteiger charge is -1.97. The molecule has 1 amide bonds. The molecule has 4 heterocycles. The van der Waals surface area contributed by atoms with E-state index in [9.17, 15) is 4.79 Å². The Kier molecular flexibility index (Phi) is 3.98. The van der Waals surface area contributed by atoms with E-state index in [2.05, 4.69) is 20.5 Å². The number of nitrogens with zero attached hydrogens (tertiary/aromatic N) is 2. The van der Waals surface area contributed by atoms with E-state index in [1.807, 2.05) is 42.8 Å². The number of thiazole rings is 1. The van der Waals surface area contributed by atoms with Crippen molar-refractivity contribution < 1.29 is 9.21 Å². The molecular weight excluding hydrogens is 356 g/mol. The number of amides is 1. The van der Waals surface area contributed by atoms with Crippen LogP contribution in [0.3, 0.4) is 0 Å². The van der Waals surface area contributed by atoms with Crippen LogP contribution in [0.1, 0.15) is 22.0 Å². The van der Waals surface area contributed by atoms with E-state index < -0.39 is 0 Å². The van der Waals surface area contributed by atoms with Gasteiger partial charge in [-0.15, -0.1) is 22.7 Å². The molecule has 0 bridgehead atoms. The molecule has 0 fully saturated rings. The van der Waals surface area contributed by atoms with Crippen LogP contribution in [0.4, 0.5) is 5.13 Å². The highest BCUT2D eigenvalue weighted by Crippen LogP contribution is 2.30. The molecule has 0 aliphatic carbocycles. The van der Waals surface area contributed by atoms with E-state index in [4.69, 9.17) is 4.42 Å². The van der Waals surface area contributed by atoms with E-state index in [0.717, 1.165) is 33.3 Å². The summed E-state index contributed by atoms with van der Waals surface area (Å²) in [5.74, 6) is 1.36. The summed E-state index contributed by atoms with van der Waals surface area (Å²) in [6, 6.07) is 7.61. The number of thiophene rings is 1. The number of furan rings is 1. The highest BCUT2D eigenvalue weighted by Gasteiger charge is 2.16. The van der Waals surface area contributed by atoms with Crippen molar-refractivity contribution in [3.05, 3.63) is 52.2 Å². The topological polar surface area (TPSA) is 83.8 Å². The molecule has 6 nitrogen and oxygen atoms in total. The molecule has 126 valence electrons. The Morgan fingerprint density at radius 3 is 2.88 bits per heavy atom. The lowest BCUT2D eigenvalue weighted by atomic mass is 10.2. The average molecular weight is 370 g/mol. The number of aromatic nitrogens is 3. The molecule has 0 spiro atoms. The Morgan fingerprint density at radius 1 is 1.28 bits per heavy atom. The van der Waals surface area contributed by atoms with Crippen molar-refractivity contribution in [2.24, 2.45) is 0 Å². The van der Waals surface area contributed by atoms with Crippen molar-refractivity contribution >= 4 is 33.7 Å². The molecule has 0 aromatic carbocycles. The molecule has 0 saturated heterocycles. The van der Waals surface area contributed by atoms with Crippen molar-refractivity contribution in [2.75, 3.05) is 5.32 Å². The minimum atomic E-state index is -0.292. The van der Waals surface area contributed by atoms with Gasteiger partial charge in [-0.1, -0.05) is 6.07 Å². The maximum atomic E-state index is 12.4. The predicted octanol–water partition coefficient (Wildman–Crippen LogP) is 4.72. The summed E-state index contributed by atoms with van der Waals surface area (Å²) in [6.07, 6.45) is 0. The molecule has 0 saturated carbocycles. The van der Waals surface area contributed by atoms with E-state index in [-0.39, 0.29) is 5.91 Å². The normalized spacial score (nSPS) is 11.0. The van der Waals surface area contributed by atoms with Gasteiger partial charge in [0.1, 0.15) is 11.5 Å². The number of carbonyl (C=O) groups is 1. The lowest BCUT2D eigenvalue weighted by molar-refractivity contribution is 0.102. The fourth-order valence-electron chi connectivity index (χ4n) is 2.50. The molecule has 4 aromatic heterocycles. The molecule has 0 aliphatic rings. The minimum Gasteiger partial charge on any atom is -0.466 e. The van der Waals surface area contributed by atoms with Crippen LogP contribution in [0.2, 0.25) is 0 Å². The predicted molar refractivity (Wildman–Crippen MR) is 99.1 cm³/mol. The summed E-state index contributed by atoms with van der Waals surface area (Å²) >= 11 is 2.96. The van der Waals surface area contributed by atoms with Gasteiger partial charge < -0.3 is 4.42 Å². The second-order valence-electron chi connectivity index (χ2n) is 5.46. The summed E-state index contributed by atoms with van der Waals surface area (Å²) in [4.78, 5) is 17.9. The van der Waals surface area contributed by atoms with Crippen LogP contribution in [0, 0.1) is 13.8 Å². The maximum absolute atomic E-state index is 12.4. The first-order valence-electron chi connectivity index (χ1n) is 7.54. The average Bonchev–Trinajstić information content (AvgIpc) is 3.34. The van der Waals surface area contributed by atoms with Crippen LogP contribution < -0.4 is 5.32 Å². The summed E-state index contributed by atoms with van der Waals surface area (Å²) in [5.41, 5.74) is 2.88. The monoisotopic (exact) mass is 370 g/mol. The van der Waals surface area contributed by atoms with Crippen LogP contribution in [0.15, 0.2) is 39.4 Å². The maximum Gasteiger partial charge on any atom is 0.277 e. The Morgan fingerprint density at radius 2 is 2.16 bits per heavy atom. The smallest absolute Gasteiger partial charge is 0.277 e. The number of carbonyl (C=O) groups excluding carboxylic acids is 1. The van der Waals surface area contributed by atoms with Crippen molar-refractivity contribution in [2.45, 2.75) is 13.8 Å². The third-order valence-corrected chi connectivity index (χ3v) is 5.30. The van der Waals surface area contributed by atoms with Crippen LogP contribution >= 0.6 is 22.7 Å². The number of hydrogen-bond acceptors (Lipinski definition) is 6. The quantitative estimate of drug-likeness (QED) is 0.544. The Bertz CT molecular complexity index is 1030. The highest BCUT2D eigenvalue weighted by atomic mass is 32.1. The number of hydrogen-bond donors (Lipinski definition) is 2. The van der Waals surface area contributed by atoms with Crippen molar-refractivity contribution in [3.8, 4) is 21.8 Å². The first kappa shape index (κ1) is 15.8. The number of H-pyrrole nitrogens is 1. The zero-order valence-corrected chi connectivity index (χ0v) is 15.1. The Balaban J connectivity index is 1.51. The minimum absolute atomic E-state index is 0.292. The molecule has 2 N–H and O–H groups in total. The Hall–Kier alpha value is -2.71. The van der Waals surface area contributed by atoms with E-state index in [1.54, 1.807) is 17.4 Å². The zero-order chi connectivity index (χ0) is 17.4. The molecule has 0 atom stereocenters. The van der Waals surface area contributed by atoms with Gasteiger partial charge in [0.05, 0.1) is 16.3 Å². The standard InChI is InChI=1S/C17H14N4O2S2/c1-9-6-11(10(2)23-9)14-8-25-17(18-14)19-16(22)13-7-12(20-21-13)15-4-3-5-24-15/h3-8H,1-2H3,(H,20,21)(H,18,19,22). The van der Waals surface area contributed by atoms with Gasteiger partial charge in [0.15, 0.2) is 10.8 Å². The molecule has 4 rings (SSSR count). The number of aromatic amines is 1. The number of aryl methyl sites for hydroxylation is 2. The third-order valence-electron chi connectivity index (χ3n) is 3.64. The van der Waals surface area contributed by atoms with Crippen LogP contribution in [-0.4, -0.2) is 21.1 Å². The van der Waals surface area contributed by atoms with Crippen LogP contribution in [0.5, 0.6) is 0 Å². The van der Waals surface area contributed by atoms with Gasteiger partial charge in [-0.05, 0) is 37.4 Å². The molecule has 0 aliphatic heterocycles. The van der Waals surface area contributed by atoms with Gasteiger partial charge >= 0.3 is 0 Å². The molecule has 4 aromatic rings. The molecule has 8 heteroatoms. The fourth-order valence-corrected chi connectivity index (χ4v) is 3.90. The van der Waals surface area contributed by atoms with Gasteiger partial charge in [-0.3, -0.25) is 15.2 Å². The van der Waals surface area contributed by atoms with Crippen LogP contribution in [0.25, 0.3) is 21.8 Å². The SMILES string of the molecule is Cc1cc(-c2csc(NC(=O)c3cc(-c4cccs4)[nH]n3)n2)c(C)o1. The highest BCUT2D eigenvalue weighted by molar-refractivity contribution is 7.14. The van der Waals surface area contributed by atoms with Crippen molar-refractivity contribution in [3.63, 3.8) is 0 Å². The van der Waals surface area contributed by atoms with Crippen LogP contribution in [-0.2, 0) is 0 Å². The van der Waals surface area contributed by atoms with Crippen molar-refractivity contribution in [1.29, 1.82) is 0 Å². The van der Waals surface area contributed by atoms with Gasteiger partial charge in [0.2, 0.25) is 0 Å². The Labute approximate surface area is 151 Å². The van der Waals surface area contributed by atoms with Crippen molar-refractivity contribution in [1.82, 2.24) is 15.2 Å². The summed E-state index contributed by atoms with van der Waals surface area (Å²) in [7, 11) is 0. The summed E-state index contributed by atoms with van der Waals surface area (Å²) in [6.45, 7) is 3.80. The first-order valence-corrected chi connectivity index (χ1v) is 9.29. The molecule has 0 unspecified atom stereocenters. The van der Waals surface area contributed by atoms with E-state index >= 15 is 0 Å². The molecular formula is C17H14N4O2S2. The third kappa shape index (κ3) is 3.13. The van der Waals surface area contributed by atoms with Gasteiger partial charge in [0, 0.05) is 10.9 Å². The number of nitrogens with one attached hydrogen (secondary N) is 2. The van der Waals surface area contributed by atoms with Gasteiger partial charge in [-0.25, -0.2) is 4.98 Å². The van der Waals surface area contributed by atoms with Gasteiger partial charge in [-0.2, -0.15) is 5.10 Å². The largest absolute Gasteiger partial charge is 0.466 e. The zero-order valence-electron chi connectivity index (χ0n) is 13.5. The first-order chi connectivity index (χ1) is 12.1. The number of anilines is 1. The van der Waals surface area contributed by atoms with E-state index in [1.165, 1.54) is 11.3 Å².